The van der Waals surface area contributed by atoms with Gasteiger partial charge in [0.25, 0.3) is 0 Å². The van der Waals surface area contributed by atoms with Crippen molar-refractivity contribution in [1.82, 2.24) is 10.6 Å². The maximum atomic E-state index is 11.8. The number of carbonyl (C=O) groups excluding carboxylic acids is 1. The van der Waals surface area contributed by atoms with Crippen molar-refractivity contribution >= 4 is 6.03 Å². The minimum Gasteiger partial charge on any atom is -0.493 e. The Bertz CT molecular complexity index is 733. The topological polar surface area (TPSA) is 68.8 Å². The van der Waals surface area contributed by atoms with Gasteiger partial charge in [0.15, 0.2) is 11.5 Å². The van der Waals surface area contributed by atoms with Crippen LogP contribution in [0.25, 0.3) is 0 Å². The molecule has 0 spiro atoms. The SMILES string of the molecule is Cc1ccccc1OCCCNC(=O)NCc1ccc2c(c1)OCO2. The van der Waals surface area contributed by atoms with E-state index in [0.717, 1.165) is 29.0 Å². The van der Waals surface area contributed by atoms with Crippen molar-refractivity contribution in [3.8, 4) is 17.2 Å². The normalized spacial score (nSPS) is 11.9. The predicted octanol–water partition coefficient (Wildman–Crippen LogP) is 2.99. The summed E-state index contributed by atoms with van der Waals surface area (Å²) in [7, 11) is 0. The lowest BCUT2D eigenvalue weighted by atomic mass is 10.2. The Morgan fingerprint density at radius 1 is 1.12 bits per heavy atom. The minimum atomic E-state index is -0.200. The molecular weight excluding hydrogens is 320 g/mol. The zero-order valence-corrected chi connectivity index (χ0v) is 14.2. The van der Waals surface area contributed by atoms with Crippen molar-refractivity contribution in [3.05, 3.63) is 53.6 Å². The molecule has 1 heterocycles. The summed E-state index contributed by atoms with van der Waals surface area (Å²) >= 11 is 0. The highest BCUT2D eigenvalue weighted by Crippen LogP contribution is 2.32. The minimum absolute atomic E-state index is 0.200. The number of hydrogen-bond acceptors (Lipinski definition) is 4. The highest BCUT2D eigenvalue weighted by Gasteiger charge is 2.13. The van der Waals surface area contributed by atoms with Crippen molar-refractivity contribution in [1.29, 1.82) is 0 Å². The molecule has 3 rings (SSSR count). The summed E-state index contributed by atoms with van der Waals surface area (Å²) in [5, 5.41) is 5.64. The largest absolute Gasteiger partial charge is 0.493 e. The third-order valence-electron chi connectivity index (χ3n) is 3.85. The third kappa shape index (κ3) is 4.79. The van der Waals surface area contributed by atoms with E-state index >= 15 is 0 Å². The van der Waals surface area contributed by atoms with E-state index in [4.69, 9.17) is 14.2 Å². The van der Waals surface area contributed by atoms with Crippen LogP contribution in [0.15, 0.2) is 42.5 Å². The van der Waals surface area contributed by atoms with Gasteiger partial charge in [-0.05, 0) is 42.7 Å². The van der Waals surface area contributed by atoms with Gasteiger partial charge in [0.2, 0.25) is 6.79 Å². The monoisotopic (exact) mass is 342 g/mol. The van der Waals surface area contributed by atoms with Crippen molar-refractivity contribution < 1.29 is 19.0 Å². The second-order valence-electron chi connectivity index (χ2n) is 5.76. The number of nitrogens with one attached hydrogen (secondary N) is 2. The first kappa shape index (κ1) is 17.0. The maximum Gasteiger partial charge on any atom is 0.315 e. The first-order valence-corrected chi connectivity index (χ1v) is 8.31. The Balaban J connectivity index is 1.31. The molecule has 0 radical (unpaired) electrons. The van der Waals surface area contributed by atoms with E-state index in [-0.39, 0.29) is 12.8 Å². The van der Waals surface area contributed by atoms with Crippen LogP contribution < -0.4 is 24.8 Å². The van der Waals surface area contributed by atoms with Crippen LogP contribution in [0.1, 0.15) is 17.5 Å². The zero-order valence-electron chi connectivity index (χ0n) is 14.2. The van der Waals surface area contributed by atoms with Crippen LogP contribution >= 0.6 is 0 Å². The lowest BCUT2D eigenvalue weighted by molar-refractivity contribution is 0.174. The highest BCUT2D eigenvalue weighted by molar-refractivity contribution is 5.73. The second-order valence-corrected chi connectivity index (χ2v) is 5.76. The fraction of sp³-hybridized carbons (Fsp3) is 0.316. The Kier molecular flexibility index (Phi) is 5.61. The molecule has 6 nitrogen and oxygen atoms in total. The summed E-state index contributed by atoms with van der Waals surface area (Å²) < 4.78 is 16.3. The molecule has 0 fully saturated rings. The molecule has 132 valence electrons. The molecule has 0 saturated carbocycles. The average Bonchev–Trinajstić information content (AvgIpc) is 3.09. The molecule has 2 aromatic carbocycles. The first-order valence-electron chi connectivity index (χ1n) is 8.31. The van der Waals surface area contributed by atoms with Crippen LogP contribution in [-0.4, -0.2) is 26.0 Å². The number of fused-ring (bicyclic) bond motifs is 1. The molecule has 0 unspecified atom stereocenters. The van der Waals surface area contributed by atoms with Crippen LogP contribution in [0.4, 0.5) is 4.79 Å². The zero-order chi connectivity index (χ0) is 17.5. The highest BCUT2D eigenvalue weighted by atomic mass is 16.7. The standard InChI is InChI=1S/C19H22N2O4/c1-14-5-2-3-6-16(14)23-10-4-9-20-19(22)21-12-15-7-8-17-18(11-15)25-13-24-17/h2-3,5-8,11H,4,9-10,12-13H2,1H3,(H2,20,21,22). The van der Waals surface area contributed by atoms with E-state index in [0.29, 0.717) is 25.4 Å². The van der Waals surface area contributed by atoms with Crippen molar-refractivity contribution in [2.24, 2.45) is 0 Å². The molecule has 2 N–H and O–H groups in total. The summed E-state index contributed by atoms with van der Waals surface area (Å²) in [6.07, 6.45) is 0.742. The molecule has 25 heavy (non-hydrogen) atoms. The van der Waals surface area contributed by atoms with E-state index in [9.17, 15) is 4.79 Å². The number of benzene rings is 2. The van der Waals surface area contributed by atoms with Gasteiger partial charge in [-0.3, -0.25) is 0 Å². The fourth-order valence-electron chi connectivity index (χ4n) is 2.47. The van der Waals surface area contributed by atoms with Gasteiger partial charge < -0.3 is 24.8 Å². The van der Waals surface area contributed by atoms with Gasteiger partial charge in [-0.1, -0.05) is 24.3 Å². The number of carbonyl (C=O) groups is 1. The van der Waals surface area contributed by atoms with Crippen molar-refractivity contribution in [3.63, 3.8) is 0 Å². The van der Waals surface area contributed by atoms with Gasteiger partial charge in [-0.15, -0.1) is 0 Å². The lowest BCUT2D eigenvalue weighted by Crippen LogP contribution is -2.36. The average molecular weight is 342 g/mol. The predicted molar refractivity (Wildman–Crippen MR) is 94.1 cm³/mol. The number of rotatable bonds is 7. The van der Waals surface area contributed by atoms with Gasteiger partial charge in [0.1, 0.15) is 5.75 Å². The molecule has 0 atom stereocenters. The summed E-state index contributed by atoms with van der Waals surface area (Å²) in [6, 6.07) is 13.3. The molecule has 2 aromatic rings. The molecule has 0 aliphatic carbocycles. The van der Waals surface area contributed by atoms with E-state index in [1.54, 1.807) is 0 Å². The summed E-state index contributed by atoms with van der Waals surface area (Å²) in [4.78, 5) is 11.8. The number of urea groups is 1. The van der Waals surface area contributed by atoms with Crippen LogP contribution in [0.3, 0.4) is 0 Å². The van der Waals surface area contributed by atoms with Gasteiger partial charge in [0.05, 0.1) is 6.61 Å². The molecule has 1 aliphatic heterocycles. The number of ether oxygens (including phenoxy) is 3. The Morgan fingerprint density at radius 3 is 2.84 bits per heavy atom. The van der Waals surface area contributed by atoms with Gasteiger partial charge in [-0.25, -0.2) is 4.79 Å². The van der Waals surface area contributed by atoms with E-state index in [2.05, 4.69) is 10.6 Å². The Hall–Kier alpha value is -2.89. The first-order chi connectivity index (χ1) is 12.2. The van der Waals surface area contributed by atoms with Gasteiger partial charge >= 0.3 is 6.03 Å². The number of amides is 2. The van der Waals surface area contributed by atoms with Crippen molar-refractivity contribution in [2.45, 2.75) is 19.9 Å². The molecule has 0 saturated heterocycles. The van der Waals surface area contributed by atoms with E-state index < -0.39 is 0 Å². The molecule has 0 bridgehead atoms. The third-order valence-corrected chi connectivity index (χ3v) is 3.85. The van der Waals surface area contributed by atoms with Gasteiger partial charge in [0, 0.05) is 13.1 Å². The van der Waals surface area contributed by atoms with E-state index in [1.807, 2.05) is 49.4 Å². The van der Waals surface area contributed by atoms with E-state index in [1.165, 1.54) is 0 Å². The van der Waals surface area contributed by atoms with Gasteiger partial charge in [-0.2, -0.15) is 0 Å². The number of hydrogen-bond donors (Lipinski definition) is 2. The molecule has 1 aliphatic rings. The second kappa shape index (κ2) is 8.28. The quantitative estimate of drug-likeness (QED) is 0.759. The molecule has 6 heteroatoms. The smallest absolute Gasteiger partial charge is 0.315 e. The van der Waals surface area contributed by atoms with Crippen LogP contribution in [0.5, 0.6) is 17.2 Å². The van der Waals surface area contributed by atoms with Crippen LogP contribution in [0.2, 0.25) is 0 Å². The molecule has 2 amide bonds. The lowest BCUT2D eigenvalue weighted by Gasteiger charge is -2.10. The number of aryl methyl sites for hydroxylation is 1. The Labute approximate surface area is 147 Å². The number of para-hydroxylation sites is 1. The molecular formula is C19H22N2O4. The van der Waals surface area contributed by atoms with Crippen molar-refractivity contribution in [2.75, 3.05) is 19.9 Å². The van der Waals surface area contributed by atoms with Crippen LogP contribution in [0, 0.1) is 6.92 Å². The summed E-state index contributed by atoms with van der Waals surface area (Å²) in [5.74, 6) is 2.34. The summed E-state index contributed by atoms with van der Waals surface area (Å²) in [5.41, 5.74) is 2.07. The molecule has 0 aromatic heterocycles. The van der Waals surface area contributed by atoms with Crippen LogP contribution in [-0.2, 0) is 6.54 Å². The summed E-state index contributed by atoms with van der Waals surface area (Å²) in [6.45, 7) is 3.81. The fourth-order valence-corrected chi connectivity index (χ4v) is 2.47. The maximum absolute atomic E-state index is 11.8. The Morgan fingerprint density at radius 2 is 1.96 bits per heavy atom.